The zero-order valence-electron chi connectivity index (χ0n) is 39.2. The number of likely N-dealkylation sites (tertiary alicyclic amines) is 1. The van der Waals surface area contributed by atoms with Crippen LogP contribution >= 0.6 is 15.9 Å². The molecule has 11 rings (SSSR count). The molecule has 0 saturated carbocycles. The van der Waals surface area contributed by atoms with E-state index in [0.717, 1.165) is 62.0 Å². The van der Waals surface area contributed by atoms with Crippen LogP contribution in [0.4, 0.5) is 0 Å². The third kappa shape index (κ3) is 9.69. The van der Waals surface area contributed by atoms with Crippen LogP contribution in [0.1, 0.15) is 44.7 Å². The Morgan fingerprint density at radius 3 is 2.13 bits per heavy atom. The molecule has 3 aliphatic rings. The number of halogens is 1. The Morgan fingerprint density at radius 1 is 0.814 bits per heavy atom. The molecule has 5 aromatic carbocycles. The van der Waals surface area contributed by atoms with Crippen molar-refractivity contribution in [3.8, 4) is 0 Å². The number of para-hydroxylation sites is 1. The van der Waals surface area contributed by atoms with Crippen molar-refractivity contribution in [2.24, 2.45) is 13.0 Å². The molecule has 70 heavy (non-hydrogen) atoms. The van der Waals surface area contributed by atoms with Crippen LogP contribution < -0.4 is 0 Å². The van der Waals surface area contributed by atoms with E-state index >= 15 is 0 Å². The van der Waals surface area contributed by atoms with Crippen molar-refractivity contribution in [2.45, 2.75) is 53.8 Å². The highest BCUT2D eigenvalue weighted by atomic mass is 79.9. The summed E-state index contributed by atoms with van der Waals surface area (Å²) in [6, 6.07) is 35.6. The first-order valence-electron chi connectivity index (χ1n) is 22.9. The van der Waals surface area contributed by atoms with Gasteiger partial charge >= 0.3 is 5.97 Å². The van der Waals surface area contributed by atoms with Gasteiger partial charge in [0.05, 0.1) is 12.2 Å². The lowest BCUT2D eigenvalue weighted by Gasteiger charge is -2.53. The number of esters is 1. The number of nitrogens with zero attached hydrogens (tertiary/aromatic N) is 5. The third-order valence-electron chi connectivity index (χ3n) is 13.9. The molecule has 14 nitrogen and oxygen atoms in total. The number of fused-ring (bicyclic) bond motifs is 6. The molecule has 1 fully saturated rings. The number of likely N-dealkylation sites (N-methyl/N-ethyl adjacent to an activating group) is 2. The van der Waals surface area contributed by atoms with Gasteiger partial charge in [-0.1, -0.05) is 84.9 Å². The van der Waals surface area contributed by atoms with Crippen molar-refractivity contribution < 1.29 is 40.2 Å². The van der Waals surface area contributed by atoms with Crippen LogP contribution in [-0.2, 0) is 68.3 Å². The van der Waals surface area contributed by atoms with Gasteiger partial charge < -0.3 is 23.5 Å². The fourth-order valence-corrected chi connectivity index (χ4v) is 12.6. The van der Waals surface area contributed by atoms with E-state index in [1.807, 2.05) is 7.11 Å². The second-order valence-electron chi connectivity index (χ2n) is 18.3. The number of hydrogen-bond donors (Lipinski definition) is 2. The first kappa shape index (κ1) is 49.2. The number of pyridine rings is 1. The van der Waals surface area contributed by atoms with E-state index in [1.54, 1.807) is 12.3 Å². The number of hydrogen-bond acceptors (Lipinski definition) is 10. The summed E-state index contributed by atoms with van der Waals surface area (Å²) in [6.45, 7) is 4.40. The van der Waals surface area contributed by atoms with Crippen molar-refractivity contribution >= 4 is 74.7 Å². The Bertz CT molecular complexity index is 3420. The predicted molar refractivity (Wildman–Crippen MR) is 273 cm³/mol. The molecule has 3 aromatic heterocycles. The number of aromatic nitrogens is 3. The van der Waals surface area contributed by atoms with Crippen LogP contribution in [0.5, 0.6) is 0 Å². The van der Waals surface area contributed by atoms with Crippen LogP contribution in [0.15, 0.2) is 148 Å². The average Bonchev–Trinajstić information content (AvgIpc) is 3.83. The molecule has 2 aliphatic heterocycles. The van der Waals surface area contributed by atoms with Gasteiger partial charge in [-0.15, -0.1) is 0 Å². The Morgan fingerprint density at radius 2 is 1.46 bits per heavy atom. The molecule has 17 heteroatoms. The summed E-state index contributed by atoms with van der Waals surface area (Å²) in [7, 11) is -0.652. The van der Waals surface area contributed by atoms with Crippen LogP contribution in [0.3, 0.4) is 0 Å². The van der Waals surface area contributed by atoms with Gasteiger partial charge in [0.25, 0.3) is 20.2 Å². The Kier molecular flexibility index (Phi) is 13.9. The largest absolute Gasteiger partial charge is 0.462 e. The maximum absolute atomic E-state index is 12.5. The predicted octanol–water partition coefficient (Wildman–Crippen LogP) is 8.92. The highest BCUT2D eigenvalue weighted by Crippen LogP contribution is 2.50. The maximum atomic E-state index is 12.5. The zero-order valence-corrected chi connectivity index (χ0v) is 42.4. The molecule has 1 saturated heterocycles. The summed E-state index contributed by atoms with van der Waals surface area (Å²) in [4.78, 5) is 20.6. The lowest BCUT2D eigenvalue weighted by molar-refractivity contribution is -0.131. The van der Waals surface area contributed by atoms with Crippen molar-refractivity contribution in [3.05, 3.63) is 172 Å². The number of carbonyl (C=O) groups is 1. The van der Waals surface area contributed by atoms with E-state index in [2.05, 4.69) is 140 Å². The lowest BCUT2D eigenvalue weighted by atomic mass is 9.69. The Labute approximate surface area is 416 Å². The molecule has 1 aliphatic carbocycles. The third-order valence-corrected chi connectivity index (χ3v) is 16.1. The highest BCUT2D eigenvalue weighted by Gasteiger charge is 2.52. The van der Waals surface area contributed by atoms with E-state index in [9.17, 15) is 21.6 Å². The summed E-state index contributed by atoms with van der Waals surface area (Å²) in [5.74, 6) is -0.174. The molecule has 8 aromatic rings. The molecule has 2 N–H and O–H groups in total. The molecule has 5 heterocycles. The molecule has 0 spiro atoms. The van der Waals surface area contributed by atoms with Crippen LogP contribution in [-0.4, -0.2) is 103 Å². The molecule has 364 valence electrons. The van der Waals surface area contributed by atoms with Gasteiger partial charge in [0.1, 0.15) is 15.4 Å². The van der Waals surface area contributed by atoms with Crippen LogP contribution in [0, 0.1) is 5.92 Å². The topological polar surface area (TPSA) is 174 Å². The zero-order chi connectivity index (χ0) is 49.5. The van der Waals surface area contributed by atoms with Crippen molar-refractivity contribution in [2.75, 3.05) is 40.9 Å². The van der Waals surface area contributed by atoms with Crippen molar-refractivity contribution in [3.63, 3.8) is 0 Å². The van der Waals surface area contributed by atoms with Gasteiger partial charge in [-0.25, -0.2) is 4.79 Å². The fourth-order valence-electron chi connectivity index (χ4n) is 10.8. The van der Waals surface area contributed by atoms with E-state index in [4.69, 9.17) is 18.6 Å². The number of piperidine rings is 1. The molecule has 0 bridgehead atoms. The molecule has 3 unspecified atom stereocenters. The summed E-state index contributed by atoms with van der Waals surface area (Å²) in [6.07, 6.45) is 8.35. The van der Waals surface area contributed by atoms with Gasteiger partial charge in [0.2, 0.25) is 0 Å². The monoisotopic (exact) mass is 1050 g/mol. The summed E-state index contributed by atoms with van der Waals surface area (Å²) >= 11 is 3.35. The molecular weight excluding hydrogens is 995 g/mol. The van der Waals surface area contributed by atoms with Crippen molar-refractivity contribution in [1.29, 1.82) is 0 Å². The first-order chi connectivity index (χ1) is 33.5. The van der Waals surface area contributed by atoms with Gasteiger partial charge in [-0.3, -0.25) is 19.0 Å². The van der Waals surface area contributed by atoms with E-state index in [1.165, 1.54) is 80.2 Å². The number of rotatable bonds is 8. The Balaban J connectivity index is 0.000000137. The smallest absolute Gasteiger partial charge is 0.339 e. The second-order valence-corrected chi connectivity index (χ2v) is 22.0. The van der Waals surface area contributed by atoms with Gasteiger partial charge in [-0.2, -0.15) is 16.8 Å². The van der Waals surface area contributed by atoms with Gasteiger partial charge in [-0.05, 0) is 95.5 Å². The molecular formula is C53H54BrN5O9S2. The van der Waals surface area contributed by atoms with E-state index in [-0.39, 0.29) is 28.7 Å². The molecule has 3 atom stereocenters. The molecule has 0 radical (unpaired) electrons. The summed E-state index contributed by atoms with van der Waals surface area (Å²) < 4.78 is 80.2. The summed E-state index contributed by atoms with van der Waals surface area (Å²) in [5.41, 5.74) is 9.70. The van der Waals surface area contributed by atoms with Crippen LogP contribution in [0.2, 0.25) is 0 Å². The normalized spacial score (nSPS) is 19.1. The average molecular weight is 1050 g/mol. The quantitative estimate of drug-likeness (QED) is 0.110. The SMILES string of the molecule is CN1CCc2c(c3ccccc3n2Cc2ccccc2)C1.COC12CC(COC(=O)c3cncc(Br)c3)CN(C)C1Cc1cn(C)c3cccc2c13.O=S(=O)(O)c1cccc2c(S(=O)(=O)O)cccc12. The Hall–Kier alpha value is -5.76. The van der Waals surface area contributed by atoms with Crippen LogP contribution in [0.25, 0.3) is 32.6 Å². The summed E-state index contributed by atoms with van der Waals surface area (Å²) in [5, 5.41) is 2.79. The van der Waals surface area contributed by atoms with Crippen molar-refractivity contribution in [1.82, 2.24) is 23.9 Å². The minimum absolute atomic E-state index is 0.0233. The standard InChI is InChI=1S/C24H26BrN3O3.C19H20N2.C10H8O6S2/c1-27-13-17-8-21-24(30-3,19-5-4-6-20(27)22(17)19)9-15(12-28(21)2)14-31-23(29)16-7-18(25)11-26-10-16;1-20-12-11-19-17(14-20)16-9-5-6-10-18(16)21(19)13-15-7-3-2-4-8-15;11-17(12,13)9-5-1-3-7-8(9)4-2-6-10(7)18(14,15)16/h4-7,10-11,13,15,21H,8-9,12,14H2,1-3H3;2-10H,11-14H2,1H3;1-6H,(H,11,12,13)(H,14,15,16). The number of benzene rings is 5. The fraction of sp³-hybridized carbons (Fsp3) is 0.283. The van der Waals surface area contributed by atoms with Gasteiger partial charge in [0, 0.05) is 120 Å². The van der Waals surface area contributed by atoms with E-state index < -0.39 is 35.6 Å². The number of methoxy groups -OCH3 is 1. The van der Waals surface area contributed by atoms with E-state index in [0.29, 0.717) is 12.2 Å². The van der Waals surface area contributed by atoms with Gasteiger partial charge in [0.15, 0.2) is 0 Å². The number of carbonyl (C=O) groups excluding carboxylic acids is 1. The number of aryl methyl sites for hydroxylation is 1. The minimum atomic E-state index is -4.47. The maximum Gasteiger partial charge on any atom is 0.339 e. The highest BCUT2D eigenvalue weighted by molar-refractivity contribution is 9.10. The lowest BCUT2D eigenvalue weighted by Crippen LogP contribution is -2.59. The molecule has 0 amide bonds. The second kappa shape index (κ2) is 19.8. The first-order valence-corrected chi connectivity index (χ1v) is 26.5. The minimum Gasteiger partial charge on any atom is -0.462 e. The number of ether oxygens (including phenoxy) is 2.